The van der Waals surface area contributed by atoms with E-state index in [1.165, 1.54) is 12.7 Å². The van der Waals surface area contributed by atoms with Gasteiger partial charge in [0.05, 0.1) is 16.1 Å². The number of carbonyl (C=O) groups is 1. The van der Waals surface area contributed by atoms with Crippen molar-refractivity contribution in [3.8, 4) is 11.5 Å². The summed E-state index contributed by atoms with van der Waals surface area (Å²) >= 11 is 25.8. The number of hydrogen-bond acceptors (Lipinski definition) is 8. The molecule has 14 heteroatoms. The van der Waals surface area contributed by atoms with Crippen LogP contribution in [0, 0.1) is 10.8 Å². The zero-order chi connectivity index (χ0) is 35.5. The topological polar surface area (TPSA) is 117 Å². The summed E-state index contributed by atoms with van der Waals surface area (Å²) in [6, 6.07) is 6.29. The first-order valence-corrected chi connectivity index (χ1v) is 17.8. The van der Waals surface area contributed by atoms with Crippen LogP contribution in [0.4, 0.5) is 0 Å². The minimum absolute atomic E-state index is 0.0583. The number of ketones is 1. The van der Waals surface area contributed by atoms with Crippen molar-refractivity contribution in [2.24, 2.45) is 10.8 Å². The molecule has 4 aromatic rings. The van der Waals surface area contributed by atoms with Crippen LogP contribution in [-0.2, 0) is 16.8 Å². The van der Waals surface area contributed by atoms with E-state index in [2.05, 4.69) is 20.2 Å². The molecular formula is C35H40Cl4N6O4. The van der Waals surface area contributed by atoms with E-state index in [9.17, 15) is 9.90 Å². The van der Waals surface area contributed by atoms with Crippen molar-refractivity contribution in [2.45, 2.75) is 103 Å². The minimum atomic E-state index is -1.15. The van der Waals surface area contributed by atoms with E-state index >= 15 is 0 Å². The van der Waals surface area contributed by atoms with Gasteiger partial charge in [0, 0.05) is 45.3 Å². The van der Waals surface area contributed by atoms with Crippen LogP contribution in [0.5, 0.6) is 11.5 Å². The van der Waals surface area contributed by atoms with Gasteiger partial charge in [-0.3, -0.25) is 4.79 Å². The predicted octanol–water partition coefficient (Wildman–Crippen LogP) is 8.16. The standard InChI is InChI=1S/C35H40Cl4N6O4/c1-19-23-11-22(37)13-25(39)30(23)48-27(19)14-26(44-17-40-15-42-44)31(46)34(5,6)7-8-35(32(47)33(2,3)4,45-18-41-16-43-45)28-10-20-9-21(36)12-24(38)29(20)49-28/h9,11-13,15-19,26-28,32,47H,7-8,10,14H2,1-6H3. The average molecular weight is 751 g/mol. The summed E-state index contributed by atoms with van der Waals surface area (Å²) in [5, 5.41) is 23.1. The van der Waals surface area contributed by atoms with Crippen LogP contribution in [0.15, 0.2) is 49.6 Å². The number of rotatable bonds is 11. The van der Waals surface area contributed by atoms with Crippen molar-refractivity contribution in [1.29, 1.82) is 0 Å². The van der Waals surface area contributed by atoms with Crippen LogP contribution in [0.1, 0.15) is 83.9 Å². The zero-order valence-electron chi connectivity index (χ0n) is 28.2. The number of Topliss-reactive ketones (excluding diaryl/α,β-unsaturated/α-hetero) is 1. The third-order valence-corrected chi connectivity index (χ3v) is 11.1. The number of carbonyl (C=O) groups excluding carboxylic acids is 1. The maximum atomic E-state index is 14.8. The third kappa shape index (κ3) is 6.67. The highest BCUT2D eigenvalue weighted by atomic mass is 35.5. The van der Waals surface area contributed by atoms with Crippen molar-refractivity contribution < 1.29 is 19.4 Å². The molecule has 0 aliphatic carbocycles. The SMILES string of the molecule is CC1c2cc(Cl)cc(Cl)c2OC1CC(C(=O)C(C)(C)CCC(C1Cc2cc(Cl)cc(Cl)c2O1)(C(O)C(C)(C)C)n1cncn1)n1cncn1. The molecule has 6 atom stereocenters. The Labute approximate surface area is 306 Å². The molecule has 0 fully saturated rings. The minimum Gasteiger partial charge on any atom is -0.488 e. The van der Waals surface area contributed by atoms with Crippen molar-refractivity contribution in [2.75, 3.05) is 0 Å². The van der Waals surface area contributed by atoms with Gasteiger partial charge in [-0.2, -0.15) is 10.2 Å². The monoisotopic (exact) mass is 748 g/mol. The smallest absolute Gasteiger partial charge is 0.163 e. The van der Waals surface area contributed by atoms with Gasteiger partial charge in [-0.05, 0) is 42.5 Å². The molecule has 4 heterocycles. The van der Waals surface area contributed by atoms with Gasteiger partial charge in [0.25, 0.3) is 0 Å². The van der Waals surface area contributed by atoms with Crippen LogP contribution in [-0.4, -0.2) is 58.7 Å². The van der Waals surface area contributed by atoms with E-state index in [-0.39, 0.29) is 17.8 Å². The number of hydrogen-bond donors (Lipinski definition) is 1. The Balaban J connectivity index is 1.33. The molecule has 0 spiro atoms. The molecule has 262 valence electrons. The Hall–Kier alpha value is -2.89. The van der Waals surface area contributed by atoms with E-state index in [0.29, 0.717) is 57.3 Å². The number of halogens is 4. The summed E-state index contributed by atoms with van der Waals surface area (Å²) in [5.41, 5.74) is -0.938. The van der Waals surface area contributed by atoms with E-state index in [1.807, 2.05) is 53.7 Å². The molecule has 10 nitrogen and oxygen atoms in total. The molecule has 49 heavy (non-hydrogen) atoms. The second-order valence-electron chi connectivity index (χ2n) is 14.9. The lowest BCUT2D eigenvalue weighted by Crippen LogP contribution is -2.60. The number of benzene rings is 2. The molecule has 2 aliphatic rings. The number of ether oxygens (including phenoxy) is 2. The van der Waals surface area contributed by atoms with Crippen molar-refractivity contribution in [3.63, 3.8) is 0 Å². The lowest BCUT2D eigenvalue weighted by Gasteiger charge is -2.47. The van der Waals surface area contributed by atoms with Crippen LogP contribution < -0.4 is 9.47 Å². The summed E-state index contributed by atoms with van der Waals surface area (Å²) < 4.78 is 16.2. The van der Waals surface area contributed by atoms with Crippen molar-refractivity contribution in [3.05, 3.63) is 80.8 Å². The number of nitrogens with zero attached hydrogens (tertiary/aromatic N) is 6. The summed E-state index contributed by atoms with van der Waals surface area (Å²) in [7, 11) is 0. The normalized spacial score (nSPS) is 21.3. The summed E-state index contributed by atoms with van der Waals surface area (Å²) in [6.45, 7) is 11.8. The van der Waals surface area contributed by atoms with E-state index < -0.39 is 34.6 Å². The molecule has 2 aliphatic heterocycles. The number of fused-ring (bicyclic) bond motifs is 2. The Morgan fingerprint density at radius 1 is 0.918 bits per heavy atom. The Morgan fingerprint density at radius 3 is 2.20 bits per heavy atom. The van der Waals surface area contributed by atoms with Gasteiger partial charge >= 0.3 is 0 Å². The number of aliphatic hydroxyl groups is 1. The van der Waals surface area contributed by atoms with Gasteiger partial charge < -0.3 is 14.6 Å². The van der Waals surface area contributed by atoms with Crippen molar-refractivity contribution in [1.82, 2.24) is 29.5 Å². The lowest BCUT2D eigenvalue weighted by atomic mass is 9.67. The quantitative estimate of drug-likeness (QED) is 0.163. The fraction of sp³-hybridized carbons (Fsp3) is 0.514. The highest BCUT2D eigenvalue weighted by Gasteiger charge is 2.56. The third-order valence-electron chi connectivity index (χ3n) is 10.1. The highest BCUT2D eigenvalue weighted by Crippen LogP contribution is 2.50. The molecule has 0 saturated heterocycles. The zero-order valence-corrected chi connectivity index (χ0v) is 31.2. The van der Waals surface area contributed by atoms with Gasteiger partial charge in [-0.15, -0.1) is 0 Å². The van der Waals surface area contributed by atoms with Gasteiger partial charge in [0.15, 0.2) is 5.78 Å². The van der Waals surface area contributed by atoms with Gasteiger partial charge in [0.2, 0.25) is 0 Å². The van der Waals surface area contributed by atoms with Crippen molar-refractivity contribution >= 4 is 52.2 Å². The van der Waals surface area contributed by atoms with E-state index in [1.54, 1.807) is 34.2 Å². The van der Waals surface area contributed by atoms with E-state index in [4.69, 9.17) is 55.9 Å². The Kier molecular flexibility index (Phi) is 9.78. The molecule has 2 aromatic carbocycles. The Morgan fingerprint density at radius 2 is 1.57 bits per heavy atom. The van der Waals surface area contributed by atoms with Gasteiger partial charge in [0.1, 0.15) is 60.6 Å². The van der Waals surface area contributed by atoms with Crippen LogP contribution >= 0.6 is 46.4 Å². The fourth-order valence-corrected chi connectivity index (χ4v) is 8.50. The van der Waals surface area contributed by atoms with Crippen LogP contribution in [0.25, 0.3) is 0 Å². The van der Waals surface area contributed by atoms with Gasteiger partial charge in [-0.1, -0.05) is 87.9 Å². The maximum absolute atomic E-state index is 14.8. The molecule has 0 bridgehead atoms. The first kappa shape index (κ1) is 35.9. The first-order valence-electron chi connectivity index (χ1n) is 16.2. The fourth-order valence-electron chi connectivity index (χ4n) is 7.36. The van der Waals surface area contributed by atoms with Gasteiger partial charge in [-0.25, -0.2) is 19.3 Å². The van der Waals surface area contributed by atoms with Crippen LogP contribution in [0.2, 0.25) is 20.1 Å². The summed E-state index contributed by atoms with van der Waals surface area (Å²) in [6.07, 6.45) is 5.48. The summed E-state index contributed by atoms with van der Waals surface area (Å²) in [5.74, 6) is 0.977. The maximum Gasteiger partial charge on any atom is 0.163 e. The van der Waals surface area contributed by atoms with Crippen LogP contribution in [0.3, 0.4) is 0 Å². The first-order chi connectivity index (χ1) is 23.0. The second kappa shape index (κ2) is 13.3. The Bertz CT molecular complexity index is 1830. The molecule has 1 N–H and O–H groups in total. The number of aromatic nitrogens is 6. The molecular weight excluding hydrogens is 710 g/mol. The molecule has 6 rings (SSSR count). The molecule has 0 amide bonds. The van der Waals surface area contributed by atoms with E-state index in [0.717, 1.165) is 11.1 Å². The summed E-state index contributed by atoms with van der Waals surface area (Å²) in [4.78, 5) is 23.2. The average Bonchev–Trinajstić information content (AvgIpc) is 3.84. The number of aliphatic hydroxyl groups excluding tert-OH is 1. The predicted molar refractivity (Wildman–Crippen MR) is 189 cm³/mol. The molecule has 2 aromatic heterocycles. The molecule has 0 radical (unpaired) electrons. The highest BCUT2D eigenvalue weighted by molar-refractivity contribution is 6.36. The molecule has 6 unspecified atom stereocenters. The second-order valence-corrected chi connectivity index (χ2v) is 16.6. The largest absolute Gasteiger partial charge is 0.488 e. The molecule has 0 saturated carbocycles. The lowest BCUT2D eigenvalue weighted by molar-refractivity contribution is -0.135.